The molecule has 0 aliphatic heterocycles. The molecule has 22 heavy (non-hydrogen) atoms. The molecule has 8 heteroatoms. The molecule has 1 saturated carbocycles. The van der Waals surface area contributed by atoms with Gasteiger partial charge in [0.25, 0.3) is 0 Å². The van der Waals surface area contributed by atoms with Crippen molar-refractivity contribution in [1.82, 2.24) is 15.2 Å². The molecule has 0 radical (unpaired) electrons. The fraction of sp³-hybridized carbons (Fsp3) is 0.286. The van der Waals surface area contributed by atoms with E-state index in [1.807, 2.05) is 0 Å². The molecule has 1 heterocycles. The van der Waals surface area contributed by atoms with Crippen LogP contribution in [0.15, 0.2) is 24.3 Å². The maximum absolute atomic E-state index is 12.0. The van der Waals surface area contributed by atoms with Gasteiger partial charge in [-0.3, -0.25) is 9.89 Å². The zero-order chi connectivity index (χ0) is 15.5. The van der Waals surface area contributed by atoms with Crippen LogP contribution in [0.3, 0.4) is 0 Å². The highest BCUT2D eigenvalue weighted by Gasteiger charge is 2.27. The van der Waals surface area contributed by atoms with Gasteiger partial charge in [-0.25, -0.2) is 9.78 Å². The van der Waals surface area contributed by atoms with Gasteiger partial charge >= 0.3 is 6.03 Å². The van der Waals surface area contributed by atoms with Gasteiger partial charge in [-0.2, -0.15) is 5.10 Å². The monoisotopic (exact) mass is 300 g/mol. The zero-order valence-electron chi connectivity index (χ0n) is 11.8. The van der Waals surface area contributed by atoms with Crippen LogP contribution < -0.4 is 16.4 Å². The number of nitrogens with zero attached hydrogens (tertiary/aromatic N) is 2. The van der Waals surface area contributed by atoms with Gasteiger partial charge in [0.15, 0.2) is 5.82 Å². The number of amides is 3. The Bertz CT molecular complexity index is 707. The summed E-state index contributed by atoms with van der Waals surface area (Å²) in [4.78, 5) is 27.1. The lowest BCUT2D eigenvalue weighted by molar-refractivity contribution is -0.115. The summed E-state index contributed by atoms with van der Waals surface area (Å²) < 4.78 is 0. The highest BCUT2D eigenvalue weighted by molar-refractivity contribution is 5.93. The Labute approximate surface area is 126 Å². The van der Waals surface area contributed by atoms with Crippen molar-refractivity contribution in [2.24, 2.45) is 5.73 Å². The lowest BCUT2D eigenvalue weighted by Gasteiger charge is -2.06. The largest absolute Gasteiger partial charge is 0.351 e. The number of aromatic nitrogens is 3. The SMILES string of the molecule is NC(=O)Nc1cccc(NC(=O)Cc2nc(C3CC3)n[nH]2)c1. The Morgan fingerprint density at radius 1 is 1.27 bits per heavy atom. The Kier molecular flexibility index (Phi) is 3.73. The molecule has 1 aromatic heterocycles. The van der Waals surface area contributed by atoms with E-state index in [-0.39, 0.29) is 12.3 Å². The summed E-state index contributed by atoms with van der Waals surface area (Å²) in [7, 11) is 0. The number of nitrogens with one attached hydrogen (secondary N) is 3. The van der Waals surface area contributed by atoms with Crippen LogP contribution in [0.25, 0.3) is 0 Å². The van der Waals surface area contributed by atoms with E-state index in [1.54, 1.807) is 24.3 Å². The van der Waals surface area contributed by atoms with Crippen LogP contribution >= 0.6 is 0 Å². The zero-order valence-corrected chi connectivity index (χ0v) is 11.8. The molecular formula is C14H16N6O2. The maximum atomic E-state index is 12.0. The molecule has 1 aliphatic carbocycles. The third kappa shape index (κ3) is 3.60. The van der Waals surface area contributed by atoms with Crippen molar-refractivity contribution >= 4 is 23.3 Å². The topological polar surface area (TPSA) is 126 Å². The number of primary amides is 1. The molecule has 2 aromatic rings. The molecule has 5 N–H and O–H groups in total. The van der Waals surface area contributed by atoms with E-state index >= 15 is 0 Å². The number of rotatable bonds is 5. The molecule has 1 aromatic carbocycles. The van der Waals surface area contributed by atoms with Crippen LogP contribution in [0.4, 0.5) is 16.2 Å². The summed E-state index contributed by atoms with van der Waals surface area (Å²) >= 11 is 0. The Balaban J connectivity index is 1.59. The first kappa shape index (κ1) is 14.1. The quantitative estimate of drug-likeness (QED) is 0.665. The third-order valence-corrected chi connectivity index (χ3v) is 3.23. The van der Waals surface area contributed by atoms with Gasteiger partial charge in [-0.05, 0) is 31.0 Å². The lowest BCUT2D eigenvalue weighted by Crippen LogP contribution is -2.19. The number of aromatic amines is 1. The predicted octanol–water partition coefficient (Wildman–Crippen LogP) is 1.35. The highest BCUT2D eigenvalue weighted by atomic mass is 16.2. The summed E-state index contributed by atoms with van der Waals surface area (Å²) in [5, 5.41) is 12.1. The fourth-order valence-electron chi connectivity index (χ4n) is 2.09. The molecule has 3 amide bonds. The first-order valence-corrected chi connectivity index (χ1v) is 6.97. The summed E-state index contributed by atoms with van der Waals surface area (Å²) in [6.45, 7) is 0. The number of urea groups is 1. The van der Waals surface area contributed by atoms with E-state index in [2.05, 4.69) is 25.8 Å². The lowest BCUT2D eigenvalue weighted by atomic mass is 10.2. The minimum Gasteiger partial charge on any atom is -0.351 e. The second kappa shape index (κ2) is 5.84. The van der Waals surface area contributed by atoms with Crippen molar-refractivity contribution in [3.63, 3.8) is 0 Å². The maximum Gasteiger partial charge on any atom is 0.316 e. The van der Waals surface area contributed by atoms with E-state index in [9.17, 15) is 9.59 Å². The summed E-state index contributed by atoms with van der Waals surface area (Å²) in [5.74, 6) is 1.57. The van der Waals surface area contributed by atoms with Crippen LogP contribution in [0.5, 0.6) is 0 Å². The summed E-state index contributed by atoms with van der Waals surface area (Å²) in [6.07, 6.45) is 2.35. The number of hydrogen-bond acceptors (Lipinski definition) is 4. The van der Waals surface area contributed by atoms with Crippen LogP contribution in [-0.4, -0.2) is 27.1 Å². The molecule has 114 valence electrons. The second-order valence-corrected chi connectivity index (χ2v) is 5.21. The number of benzene rings is 1. The minimum absolute atomic E-state index is 0.118. The Hall–Kier alpha value is -2.90. The van der Waals surface area contributed by atoms with Gasteiger partial charge in [-0.15, -0.1) is 0 Å². The average Bonchev–Trinajstić information content (AvgIpc) is 3.19. The highest BCUT2D eigenvalue weighted by Crippen LogP contribution is 2.37. The van der Waals surface area contributed by atoms with Gasteiger partial charge in [-0.1, -0.05) is 6.07 Å². The first-order chi connectivity index (χ1) is 10.6. The smallest absolute Gasteiger partial charge is 0.316 e. The van der Waals surface area contributed by atoms with Crippen LogP contribution in [0, 0.1) is 0 Å². The number of nitrogens with two attached hydrogens (primary N) is 1. The first-order valence-electron chi connectivity index (χ1n) is 6.97. The molecule has 8 nitrogen and oxygen atoms in total. The minimum atomic E-state index is -0.655. The van der Waals surface area contributed by atoms with Gasteiger partial charge in [0, 0.05) is 17.3 Å². The van der Waals surface area contributed by atoms with E-state index < -0.39 is 6.03 Å². The Morgan fingerprint density at radius 2 is 2.00 bits per heavy atom. The second-order valence-electron chi connectivity index (χ2n) is 5.21. The number of hydrogen-bond donors (Lipinski definition) is 4. The molecule has 0 bridgehead atoms. The summed E-state index contributed by atoms with van der Waals surface area (Å²) in [6, 6.07) is 6.08. The normalized spacial score (nSPS) is 13.6. The van der Waals surface area contributed by atoms with Crippen molar-refractivity contribution in [3.8, 4) is 0 Å². The number of carbonyl (C=O) groups excluding carboxylic acids is 2. The molecule has 0 unspecified atom stereocenters. The molecule has 1 fully saturated rings. The van der Waals surface area contributed by atoms with Crippen LogP contribution in [0.1, 0.15) is 30.4 Å². The van der Waals surface area contributed by atoms with E-state index in [4.69, 9.17) is 5.73 Å². The molecule has 3 rings (SSSR count). The van der Waals surface area contributed by atoms with E-state index in [1.165, 1.54) is 0 Å². The number of H-pyrrole nitrogens is 1. The third-order valence-electron chi connectivity index (χ3n) is 3.23. The molecular weight excluding hydrogens is 284 g/mol. The fourth-order valence-corrected chi connectivity index (χ4v) is 2.09. The predicted molar refractivity (Wildman–Crippen MR) is 80.3 cm³/mol. The number of carbonyl (C=O) groups is 2. The summed E-state index contributed by atoms with van der Waals surface area (Å²) in [5.41, 5.74) is 6.14. The average molecular weight is 300 g/mol. The van der Waals surface area contributed by atoms with Gasteiger partial charge in [0.1, 0.15) is 5.82 Å². The van der Waals surface area contributed by atoms with Crippen LogP contribution in [-0.2, 0) is 11.2 Å². The molecule has 0 saturated heterocycles. The molecule has 1 aliphatic rings. The van der Waals surface area contributed by atoms with Crippen molar-refractivity contribution in [3.05, 3.63) is 35.9 Å². The molecule has 0 spiro atoms. The van der Waals surface area contributed by atoms with Crippen molar-refractivity contribution in [2.75, 3.05) is 10.6 Å². The van der Waals surface area contributed by atoms with E-state index in [0.717, 1.165) is 18.7 Å². The van der Waals surface area contributed by atoms with Crippen molar-refractivity contribution < 1.29 is 9.59 Å². The van der Waals surface area contributed by atoms with Gasteiger partial charge < -0.3 is 16.4 Å². The van der Waals surface area contributed by atoms with Crippen molar-refractivity contribution in [1.29, 1.82) is 0 Å². The van der Waals surface area contributed by atoms with E-state index in [0.29, 0.717) is 23.1 Å². The van der Waals surface area contributed by atoms with Gasteiger partial charge in [0.2, 0.25) is 5.91 Å². The van der Waals surface area contributed by atoms with Crippen molar-refractivity contribution in [2.45, 2.75) is 25.2 Å². The molecule has 0 atom stereocenters. The van der Waals surface area contributed by atoms with Gasteiger partial charge in [0.05, 0.1) is 6.42 Å². The van der Waals surface area contributed by atoms with Crippen LogP contribution in [0.2, 0.25) is 0 Å². The number of anilines is 2. The Morgan fingerprint density at radius 3 is 2.68 bits per heavy atom. The standard InChI is InChI=1S/C14H16N6O2/c15-14(22)17-10-3-1-2-9(6-10)16-12(21)7-11-18-13(20-19-11)8-4-5-8/h1-3,6,8H,4-5,7H2,(H,16,21)(H3,15,17,22)(H,18,19,20).